The van der Waals surface area contributed by atoms with Gasteiger partial charge in [0.25, 0.3) is 0 Å². The van der Waals surface area contributed by atoms with Crippen molar-refractivity contribution in [3.05, 3.63) is 59.3 Å². The lowest BCUT2D eigenvalue weighted by Crippen LogP contribution is -2.34. The van der Waals surface area contributed by atoms with Crippen LogP contribution in [-0.2, 0) is 0 Å². The molecule has 0 bridgehead atoms. The molecule has 0 saturated heterocycles. The lowest BCUT2D eigenvalue weighted by atomic mass is 10.1. The van der Waals surface area contributed by atoms with Crippen molar-refractivity contribution in [1.29, 1.82) is 5.26 Å². The molecule has 2 aromatic carbocycles. The van der Waals surface area contributed by atoms with Gasteiger partial charge in [-0.2, -0.15) is 5.26 Å². The van der Waals surface area contributed by atoms with Crippen LogP contribution in [-0.4, -0.2) is 42.4 Å². The maximum absolute atomic E-state index is 10.2. The second-order valence-corrected chi connectivity index (χ2v) is 6.86. The Kier molecular flexibility index (Phi) is 6.53. The standard InChI is InChI=1S/C22H26N4O2/c1-15-5-3-6-16(2)22(15)25-10-9-24-13-18(27)14-28-20-8-4-7-19-21(20)17(11-23)12-26-19/h3-8,12,18,24-27H,9-10,13-14H2,1-2H3. The fourth-order valence-electron chi connectivity index (χ4n) is 3.24. The molecule has 0 aliphatic rings. The summed E-state index contributed by atoms with van der Waals surface area (Å²) < 4.78 is 5.76. The molecule has 0 amide bonds. The Balaban J connectivity index is 1.43. The van der Waals surface area contributed by atoms with Gasteiger partial charge in [0.05, 0.1) is 16.5 Å². The van der Waals surface area contributed by atoms with Crippen molar-refractivity contribution in [3.63, 3.8) is 0 Å². The predicted octanol–water partition coefficient (Wildman–Crippen LogP) is 3.10. The molecule has 6 heteroatoms. The second-order valence-electron chi connectivity index (χ2n) is 6.86. The number of anilines is 1. The molecule has 3 rings (SSSR count). The number of ether oxygens (including phenoxy) is 1. The van der Waals surface area contributed by atoms with E-state index in [1.54, 1.807) is 6.20 Å². The number of benzene rings is 2. The number of aryl methyl sites for hydroxylation is 2. The Morgan fingerprint density at radius 2 is 1.89 bits per heavy atom. The summed E-state index contributed by atoms with van der Waals surface area (Å²) in [5, 5.41) is 26.8. The van der Waals surface area contributed by atoms with Gasteiger partial charge >= 0.3 is 0 Å². The Morgan fingerprint density at radius 3 is 2.64 bits per heavy atom. The number of para-hydroxylation sites is 1. The van der Waals surface area contributed by atoms with Crippen LogP contribution in [0.4, 0.5) is 5.69 Å². The minimum Gasteiger partial charge on any atom is -0.490 e. The summed E-state index contributed by atoms with van der Waals surface area (Å²) in [5.41, 5.74) is 5.00. The van der Waals surface area contributed by atoms with E-state index in [1.807, 2.05) is 18.2 Å². The van der Waals surface area contributed by atoms with Crippen LogP contribution in [0.2, 0.25) is 0 Å². The first-order valence-electron chi connectivity index (χ1n) is 9.42. The summed E-state index contributed by atoms with van der Waals surface area (Å²) in [6.45, 7) is 6.28. The van der Waals surface area contributed by atoms with Gasteiger partial charge < -0.3 is 25.5 Å². The molecule has 0 saturated carbocycles. The van der Waals surface area contributed by atoms with E-state index >= 15 is 0 Å². The number of nitrogens with one attached hydrogen (secondary N) is 3. The summed E-state index contributed by atoms with van der Waals surface area (Å²) in [6, 6.07) is 14.0. The molecule has 1 aromatic heterocycles. The van der Waals surface area contributed by atoms with Crippen LogP contribution in [0.1, 0.15) is 16.7 Å². The molecular formula is C22H26N4O2. The van der Waals surface area contributed by atoms with Crippen LogP contribution < -0.4 is 15.4 Å². The number of fused-ring (bicyclic) bond motifs is 1. The molecule has 0 aliphatic heterocycles. The van der Waals surface area contributed by atoms with Crippen LogP contribution in [0.3, 0.4) is 0 Å². The number of aromatic nitrogens is 1. The van der Waals surface area contributed by atoms with Crippen molar-refractivity contribution >= 4 is 16.6 Å². The SMILES string of the molecule is Cc1cccc(C)c1NCCNCC(O)COc1cccc2[nH]cc(C#N)c12. The van der Waals surface area contributed by atoms with Gasteiger partial charge in [-0.25, -0.2) is 0 Å². The summed E-state index contributed by atoms with van der Waals surface area (Å²) in [5.74, 6) is 0.603. The van der Waals surface area contributed by atoms with Crippen LogP contribution in [0.25, 0.3) is 10.9 Å². The minimum atomic E-state index is -0.639. The van der Waals surface area contributed by atoms with E-state index in [1.165, 1.54) is 16.8 Å². The van der Waals surface area contributed by atoms with Gasteiger partial charge in [-0.3, -0.25) is 0 Å². The van der Waals surface area contributed by atoms with Gasteiger partial charge in [0, 0.05) is 31.5 Å². The lowest BCUT2D eigenvalue weighted by Gasteiger charge is -2.15. The Hall–Kier alpha value is -3.01. The summed E-state index contributed by atoms with van der Waals surface area (Å²) in [6.07, 6.45) is 1.03. The van der Waals surface area contributed by atoms with E-state index in [9.17, 15) is 10.4 Å². The van der Waals surface area contributed by atoms with Crippen molar-refractivity contribution < 1.29 is 9.84 Å². The zero-order valence-corrected chi connectivity index (χ0v) is 16.2. The van der Waals surface area contributed by atoms with Crippen LogP contribution >= 0.6 is 0 Å². The first kappa shape index (κ1) is 19.7. The first-order chi connectivity index (χ1) is 13.6. The third-order valence-electron chi connectivity index (χ3n) is 4.68. The molecule has 1 atom stereocenters. The monoisotopic (exact) mass is 378 g/mol. The van der Waals surface area contributed by atoms with Crippen molar-refractivity contribution in [2.75, 3.05) is 31.6 Å². The number of aliphatic hydroxyl groups is 1. The highest BCUT2D eigenvalue weighted by Crippen LogP contribution is 2.28. The van der Waals surface area contributed by atoms with Crippen molar-refractivity contribution in [2.45, 2.75) is 20.0 Å². The fraction of sp³-hybridized carbons (Fsp3) is 0.318. The van der Waals surface area contributed by atoms with Gasteiger partial charge in [-0.05, 0) is 37.1 Å². The van der Waals surface area contributed by atoms with Crippen LogP contribution in [0.15, 0.2) is 42.6 Å². The van der Waals surface area contributed by atoms with Crippen LogP contribution in [0.5, 0.6) is 5.75 Å². The molecule has 0 aliphatic carbocycles. The largest absolute Gasteiger partial charge is 0.490 e. The number of nitrogens with zero attached hydrogens (tertiary/aromatic N) is 1. The number of hydrogen-bond acceptors (Lipinski definition) is 5. The summed E-state index contributed by atoms with van der Waals surface area (Å²) >= 11 is 0. The van der Waals surface area contributed by atoms with Crippen LogP contribution in [0, 0.1) is 25.2 Å². The summed E-state index contributed by atoms with van der Waals surface area (Å²) in [4.78, 5) is 3.05. The molecular weight excluding hydrogens is 352 g/mol. The maximum Gasteiger partial charge on any atom is 0.130 e. The number of aliphatic hydroxyl groups excluding tert-OH is 1. The zero-order valence-electron chi connectivity index (χ0n) is 16.2. The highest BCUT2D eigenvalue weighted by molar-refractivity contribution is 5.91. The first-order valence-corrected chi connectivity index (χ1v) is 9.42. The molecule has 0 fully saturated rings. The molecule has 28 heavy (non-hydrogen) atoms. The Labute approximate surface area is 165 Å². The average Bonchev–Trinajstić information content (AvgIpc) is 3.12. The quantitative estimate of drug-likeness (QED) is 0.429. The third-order valence-corrected chi connectivity index (χ3v) is 4.68. The van der Waals surface area contributed by atoms with Gasteiger partial charge in [0.2, 0.25) is 0 Å². The molecule has 1 unspecified atom stereocenters. The topological polar surface area (TPSA) is 93.1 Å². The van der Waals surface area contributed by atoms with E-state index in [2.05, 4.69) is 53.7 Å². The van der Waals surface area contributed by atoms with Gasteiger partial charge in [-0.1, -0.05) is 24.3 Å². The molecule has 3 aromatic rings. The Bertz CT molecular complexity index is 954. The number of rotatable bonds is 9. The van der Waals surface area contributed by atoms with E-state index in [4.69, 9.17) is 4.74 Å². The Morgan fingerprint density at radius 1 is 1.14 bits per heavy atom. The van der Waals surface area contributed by atoms with Crippen molar-refractivity contribution in [2.24, 2.45) is 0 Å². The molecule has 0 radical (unpaired) electrons. The minimum absolute atomic E-state index is 0.159. The van der Waals surface area contributed by atoms with E-state index in [0.29, 0.717) is 17.9 Å². The van der Waals surface area contributed by atoms with Crippen molar-refractivity contribution in [3.8, 4) is 11.8 Å². The number of nitriles is 1. The van der Waals surface area contributed by atoms with E-state index < -0.39 is 6.10 Å². The van der Waals surface area contributed by atoms with Gasteiger partial charge in [-0.15, -0.1) is 0 Å². The number of aromatic amines is 1. The van der Waals surface area contributed by atoms with E-state index in [-0.39, 0.29) is 6.61 Å². The normalized spacial score (nSPS) is 11.9. The maximum atomic E-state index is 10.2. The number of hydrogen-bond donors (Lipinski definition) is 4. The molecule has 4 N–H and O–H groups in total. The smallest absolute Gasteiger partial charge is 0.130 e. The van der Waals surface area contributed by atoms with Crippen molar-refractivity contribution in [1.82, 2.24) is 10.3 Å². The van der Waals surface area contributed by atoms with Gasteiger partial charge in [0.1, 0.15) is 24.5 Å². The average molecular weight is 378 g/mol. The highest BCUT2D eigenvalue weighted by Gasteiger charge is 2.11. The summed E-state index contributed by atoms with van der Waals surface area (Å²) in [7, 11) is 0. The molecule has 146 valence electrons. The fourth-order valence-corrected chi connectivity index (χ4v) is 3.24. The molecule has 1 heterocycles. The molecule has 0 spiro atoms. The lowest BCUT2D eigenvalue weighted by molar-refractivity contribution is 0.107. The van der Waals surface area contributed by atoms with E-state index in [0.717, 1.165) is 24.0 Å². The third kappa shape index (κ3) is 4.63. The highest BCUT2D eigenvalue weighted by atomic mass is 16.5. The second kappa shape index (κ2) is 9.27. The zero-order chi connectivity index (χ0) is 19.9. The number of H-pyrrole nitrogens is 1. The predicted molar refractivity (Wildman–Crippen MR) is 112 cm³/mol. The molecule has 6 nitrogen and oxygen atoms in total. The van der Waals surface area contributed by atoms with Gasteiger partial charge in [0.15, 0.2) is 0 Å².